The van der Waals surface area contributed by atoms with Crippen molar-refractivity contribution in [1.29, 1.82) is 0 Å². The molecule has 1 unspecified atom stereocenters. The van der Waals surface area contributed by atoms with Crippen LogP contribution in [0, 0.1) is 0 Å². The van der Waals surface area contributed by atoms with E-state index in [1.807, 2.05) is 6.07 Å². The summed E-state index contributed by atoms with van der Waals surface area (Å²) in [7, 11) is 1.71. The van der Waals surface area contributed by atoms with Gasteiger partial charge in [0.2, 0.25) is 0 Å². The van der Waals surface area contributed by atoms with E-state index in [1.54, 1.807) is 29.2 Å². The number of carboxylic acid groups (broad SMARTS) is 1. The van der Waals surface area contributed by atoms with Crippen molar-refractivity contribution in [2.45, 2.75) is 38.3 Å². The lowest BCUT2D eigenvalue weighted by molar-refractivity contribution is -0.138. The zero-order valence-corrected chi connectivity index (χ0v) is 11.6. The number of piperidine rings is 1. The molecular weight excluding hydrogens is 260 g/mol. The SMILES string of the molecule is CN(Cc1ccco1)C(=O)N1CCCCC1CC(=O)O. The third-order valence-corrected chi connectivity index (χ3v) is 3.58. The first-order chi connectivity index (χ1) is 9.58. The van der Waals surface area contributed by atoms with E-state index in [0.29, 0.717) is 18.8 Å². The van der Waals surface area contributed by atoms with E-state index in [4.69, 9.17) is 9.52 Å². The molecule has 2 heterocycles. The summed E-state index contributed by atoms with van der Waals surface area (Å²) in [5, 5.41) is 8.94. The molecule has 0 saturated carbocycles. The van der Waals surface area contributed by atoms with Gasteiger partial charge in [-0.15, -0.1) is 0 Å². The first kappa shape index (κ1) is 14.4. The molecule has 0 aromatic carbocycles. The maximum Gasteiger partial charge on any atom is 0.320 e. The van der Waals surface area contributed by atoms with Crippen LogP contribution in [-0.2, 0) is 11.3 Å². The van der Waals surface area contributed by atoms with Crippen LogP contribution < -0.4 is 0 Å². The number of furan rings is 1. The zero-order valence-electron chi connectivity index (χ0n) is 11.6. The van der Waals surface area contributed by atoms with Crippen molar-refractivity contribution in [1.82, 2.24) is 9.80 Å². The average molecular weight is 280 g/mol. The number of carboxylic acids is 1. The highest BCUT2D eigenvalue weighted by Crippen LogP contribution is 2.21. The van der Waals surface area contributed by atoms with Gasteiger partial charge in [0.25, 0.3) is 0 Å². The minimum Gasteiger partial charge on any atom is -0.481 e. The number of rotatable bonds is 4. The Kier molecular flexibility index (Phi) is 4.65. The van der Waals surface area contributed by atoms with Crippen LogP contribution in [0.1, 0.15) is 31.4 Å². The Labute approximate surface area is 118 Å². The van der Waals surface area contributed by atoms with Crippen LogP contribution in [-0.4, -0.2) is 46.5 Å². The third kappa shape index (κ3) is 3.53. The first-order valence-electron chi connectivity index (χ1n) is 6.84. The second-order valence-electron chi connectivity index (χ2n) is 5.16. The molecule has 0 bridgehead atoms. The van der Waals surface area contributed by atoms with Gasteiger partial charge in [0.15, 0.2) is 0 Å². The summed E-state index contributed by atoms with van der Waals surface area (Å²) in [4.78, 5) is 26.6. The fraction of sp³-hybridized carbons (Fsp3) is 0.571. The molecule has 2 rings (SSSR count). The van der Waals surface area contributed by atoms with Gasteiger partial charge in [-0.2, -0.15) is 0 Å². The number of nitrogens with zero attached hydrogens (tertiary/aromatic N) is 2. The van der Waals surface area contributed by atoms with E-state index < -0.39 is 5.97 Å². The van der Waals surface area contributed by atoms with Crippen LogP contribution in [0.5, 0.6) is 0 Å². The van der Waals surface area contributed by atoms with Gasteiger partial charge < -0.3 is 19.3 Å². The predicted octanol–water partition coefficient (Wildman–Crippen LogP) is 2.16. The summed E-state index contributed by atoms with van der Waals surface area (Å²) in [6.45, 7) is 1.02. The Hall–Kier alpha value is -1.98. The van der Waals surface area contributed by atoms with Crippen LogP contribution in [0.15, 0.2) is 22.8 Å². The predicted molar refractivity (Wildman–Crippen MR) is 72.2 cm³/mol. The van der Waals surface area contributed by atoms with Crippen LogP contribution in [0.4, 0.5) is 4.79 Å². The molecule has 1 atom stereocenters. The molecular formula is C14H20N2O4. The van der Waals surface area contributed by atoms with Crippen molar-refractivity contribution in [3.63, 3.8) is 0 Å². The second kappa shape index (κ2) is 6.45. The molecule has 1 N–H and O–H groups in total. The number of amides is 2. The van der Waals surface area contributed by atoms with Crippen LogP contribution in [0.25, 0.3) is 0 Å². The summed E-state index contributed by atoms with van der Waals surface area (Å²) in [6, 6.07) is 3.26. The van der Waals surface area contributed by atoms with Crippen molar-refractivity contribution in [3.05, 3.63) is 24.2 Å². The zero-order chi connectivity index (χ0) is 14.5. The minimum atomic E-state index is -0.858. The largest absolute Gasteiger partial charge is 0.481 e. The number of carbonyl (C=O) groups excluding carboxylic acids is 1. The van der Waals surface area contributed by atoms with Gasteiger partial charge in [-0.05, 0) is 31.4 Å². The summed E-state index contributed by atoms with van der Waals surface area (Å²) in [6.07, 6.45) is 4.24. The third-order valence-electron chi connectivity index (χ3n) is 3.58. The average Bonchev–Trinajstić information content (AvgIpc) is 2.90. The van der Waals surface area contributed by atoms with Crippen molar-refractivity contribution in [2.24, 2.45) is 0 Å². The van der Waals surface area contributed by atoms with E-state index in [2.05, 4.69) is 0 Å². The first-order valence-corrected chi connectivity index (χ1v) is 6.84. The molecule has 1 aliphatic heterocycles. The van der Waals surface area contributed by atoms with Crippen LogP contribution in [0.3, 0.4) is 0 Å². The highest BCUT2D eigenvalue weighted by Gasteiger charge is 2.30. The van der Waals surface area contributed by atoms with Crippen molar-refractivity contribution in [2.75, 3.05) is 13.6 Å². The number of hydrogen-bond acceptors (Lipinski definition) is 3. The number of hydrogen-bond donors (Lipinski definition) is 1. The topological polar surface area (TPSA) is 74.0 Å². The smallest absolute Gasteiger partial charge is 0.320 e. The van der Waals surface area contributed by atoms with Crippen molar-refractivity contribution in [3.8, 4) is 0 Å². The molecule has 0 spiro atoms. The summed E-state index contributed by atoms with van der Waals surface area (Å²) >= 11 is 0. The Morgan fingerprint density at radius 1 is 1.50 bits per heavy atom. The molecule has 1 aromatic rings. The molecule has 2 amide bonds. The molecule has 0 radical (unpaired) electrons. The normalized spacial score (nSPS) is 18.9. The van der Waals surface area contributed by atoms with E-state index in [0.717, 1.165) is 19.3 Å². The molecule has 1 aliphatic rings. The lowest BCUT2D eigenvalue weighted by Crippen LogP contribution is -2.49. The fourth-order valence-corrected chi connectivity index (χ4v) is 2.59. The highest BCUT2D eigenvalue weighted by atomic mass is 16.4. The van der Waals surface area contributed by atoms with Gasteiger partial charge in [-0.25, -0.2) is 4.79 Å². The molecule has 6 heteroatoms. The molecule has 0 aliphatic carbocycles. The summed E-state index contributed by atoms with van der Waals surface area (Å²) < 4.78 is 5.23. The van der Waals surface area contributed by atoms with Crippen LogP contribution >= 0.6 is 0 Å². The number of aliphatic carboxylic acids is 1. The van der Waals surface area contributed by atoms with E-state index in [1.165, 1.54) is 0 Å². The molecule has 1 saturated heterocycles. The van der Waals surface area contributed by atoms with Crippen molar-refractivity contribution >= 4 is 12.0 Å². The molecule has 20 heavy (non-hydrogen) atoms. The summed E-state index contributed by atoms with van der Waals surface area (Å²) in [5.74, 6) is -0.143. The Balaban J connectivity index is 1.99. The Bertz CT molecular complexity index is 458. The van der Waals surface area contributed by atoms with Gasteiger partial charge in [0.05, 0.1) is 19.2 Å². The second-order valence-corrected chi connectivity index (χ2v) is 5.16. The van der Waals surface area contributed by atoms with Gasteiger partial charge in [-0.3, -0.25) is 4.79 Å². The number of carbonyl (C=O) groups is 2. The maximum atomic E-state index is 12.4. The fourth-order valence-electron chi connectivity index (χ4n) is 2.59. The lowest BCUT2D eigenvalue weighted by atomic mass is 10.00. The summed E-state index contributed by atoms with van der Waals surface area (Å²) in [5.41, 5.74) is 0. The highest BCUT2D eigenvalue weighted by molar-refractivity contribution is 5.76. The Morgan fingerprint density at radius 2 is 2.30 bits per heavy atom. The van der Waals surface area contributed by atoms with E-state index in [-0.39, 0.29) is 18.5 Å². The van der Waals surface area contributed by atoms with E-state index in [9.17, 15) is 9.59 Å². The van der Waals surface area contributed by atoms with Gasteiger partial charge in [-0.1, -0.05) is 0 Å². The number of likely N-dealkylation sites (tertiary alicyclic amines) is 1. The molecule has 110 valence electrons. The quantitative estimate of drug-likeness (QED) is 0.917. The van der Waals surface area contributed by atoms with Gasteiger partial charge >= 0.3 is 12.0 Å². The lowest BCUT2D eigenvalue weighted by Gasteiger charge is -2.37. The van der Waals surface area contributed by atoms with E-state index >= 15 is 0 Å². The molecule has 6 nitrogen and oxygen atoms in total. The standard InChI is InChI=1S/C14H20N2O4/c1-15(10-12-6-4-8-20-12)14(19)16-7-3-2-5-11(16)9-13(17)18/h4,6,8,11H,2-3,5,7,9-10H2,1H3,(H,17,18). The monoisotopic (exact) mass is 280 g/mol. The van der Waals surface area contributed by atoms with Crippen molar-refractivity contribution < 1.29 is 19.1 Å². The van der Waals surface area contributed by atoms with Gasteiger partial charge in [0, 0.05) is 19.6 Å². The maximum absolute atomic E-state index is 12.4. The number of urea groups is 1. The molecule has 1 aromatic heterocycles. The van der Waals surface area contributed by atoms with Gasteiger partial charge in [0.1, 0.15) is 5.76 Å². The van der Waals surface area contributed by atoms with Crippen LogP contribution in [0.2, 0.25) is 0 Å². The Morgan fingerprint density at radius 3 is 2.95 bits per heavy atom. The minimum absolute atomic E-state index is 0.0142. The molecule has 1 fully saturated rings.